The molecule has 4 nitrogen and oxygen atoms in total. The topological polar surface area (TPSA) is 50.5 Å². The Bertz CT molecular complexity index is 761. The molecule has 2 heterocycles. The second-order valence-corrected chi connectivity index (χ2v) is 7.69. The minimum Gasteiger partial charge on any atom is -0.469 e. The Morgan fingerprint density at radius 3 is 2.64 bits per heavy atom. The summed E-state index contributed by atoms with van der Waals surface area (Å²) in [5.41, 5.74) is 1.98. The molecule has 22 heavy (non-hydrogen) atoms. The van der Waals surface area contributed by atoms with Crippen LogP contribution in [0.3, 0.4) is 0 Å². The van der Waals surface area contributed by atoms with E-state index in [4.69, 9.17) is 4.42 Å². The fraction of sp³-hybridized carbons (Fsp3) is 0.294. The Kier molecular flexibility index (Phi) is 3.93. The molecule has 0 saturated carbocycles. The van der Waals surface area contributed by atoms with Crippen molar-refractivity contribution in [3.05, 3.63) is 66.1 Å². The summed E-state index contributed by atoms with van der Waals surface area (Å²) in [6, 6.07) is 10.7. The smallest absolute Gasteiger partial charge is 0.243 e. The molecule has 1 aromatic carbocycles. The zero-order valence-electron chi connectivity index (χ0n) is 12.5. The van der Waals surface area contributed by atoms with Crippen molar-refractivity contribution in [1.29, 1.82) is 0 Å². The van der Waals surface area contributed by atoms with Crippen LogP contribution in [-0.4, -0.2) is 25.8 Å². The van der Waals surface area contributed by atoms with Crippen LogP contribution in [-0.2, 0) is 16.4 Å². The fourth-order valence-corrected chi connectivity index (χ4v) is 4.21. The largest absolute Gasteiger partial charge is 0.469 e. The Morgan fingerprint density at radius 1 is 1.27 bits per heavy atom. The first-order valence-electron chi connectivity index (χ1n) is 7.23. The predicted molar refractivity (Wildman–Crippen MR) is 85.0 cm³/mol. The number of nitrogens with zero attached hydrogens (tertiary/aromatic N) is 1. The Hall–Kier alpha value is -1.85. The number of sulfonamides is 1. The highest BCUT2D eigenvalue weighted by Crippen LogP contribution is 2.29. The minimum absolute atomic E-state index is 0.103. The Morgan fingerprint density at radius 2 is 2.00 bits per heavy atom. The first-order chi connectivity index (χ1) is 10.5. The summed E-state index contributed by atoms with van der Waals surface area (Å²) in [6.07, 6.45) is 2.32. The lowest BCUT2D eigenvalue weighted by molar-refractivity contribution is 0.433. The number of furan rings is 1. The maximum absolute atomic E-state index is 12.7. The van der Waals surface area contributed by atoms with E-state index in [-0.39, 0.29) is 5.92 Å². The molecule has 116 valence electrons. The molecule has 1 atom stereocenters. The molecule has 0 aliphatic carbocycles. The lowest BCUT2D eigenvalue weighted by atomic mass is 9.99. The lowest BCUT2D eigenvalue weighted by Gasteiger charge is -2.16. The maximum Gasteiger partial charge on any atom is 0.243 e. The van der Waals surface area contributed by atoms with Crippen LogP contribution in [0, 0.1) is 12.8 Å². The van der Waals surface area contributed by atoms with Gasteiger partial charge in [-0.15, -0.1) is 0 Å². The van der Waals surface area contributed by atoms with Crippen molar-refractivity contribution >= 4 is 10.0 Å². The van der Waals surface area contributed by atoms with E-state index >= 15 is 0 Å². The van der Waals surface area contributed by atoms with Crippen molar-refractivity contribution in [2.75, 3.05) is 13.1 Å². The van der Waals surface area contributed by atoms with E-state index in [0.717, 1.165) is 16.9 Å². The van der Waals surface area contributed by atoms with Crippen molar-refractivity contribution < 1.29 is 12.8 Å². The summed E-state index contributed by atoms with van der Waals surface area (Å²) < 4.78 is 32.3. The van der Waals surface area contributed by atoms with Gasteiger partial charge in [-0.3, -0.25) is 0 Å². The Balaban J connectivity index is 1.78. The second kappa shape index (κ2) is 5.74. The van der Waals surface area contributed by atoms with Crippen LogP contribution in [0.1, 0.15) is 11.3 Å². The van der Waals surface area contributed by atoms with Gasteiger partial charge >= 0.3 is 0 Å². The first kappa shape index (κ1) is 15.1. The monoisotopic (exact) mass is 317 g/mol. The van der Waals surface area contributed by atoms with Crippen LogP contribution in [0.15, 0.2) is 64.1 Å². The van der Waals surface area contributed by atoms with Gasteiger partial charge in [-0.05, 0) is 31.2 Å². The molecule has 2 aromatic rings. The molecule has 3 rings (SSSR count). The molecule has 5 heteroatoms. The van der Waals surface area contributed by atoms with E-state index in [1.807, 2.05) is 31.2 Å². The number of hydrogen-bond donors (Lipinski definition) is 0. The summed E-state index contributed by atoms with van der Waals surface area (Å²) >= 11 is 0. The molecule has 1 aromatic heterocycles. The van der Waals surface area contributed by atoms with Gasteiger partial charge in [-0.2, -0.15) is 4.31 Å². The highest BCUT2D eigenvalue weighted by molar-refractivity contribution is 7.89. The zero-order valence-corrected chi connectivity index (χ0v) is 13.3. The number of aryl methyl sites for hydroxylation is 1. The molecule has 0 N–H and O–H groups in total. The highest BCUT2D eigenvalue weighted by atomic mass is 32.2. The van der Waals surface area contributed by atoms with Gasteiger partial charge in [0.05, 0.1) is 11.2 Å². The second-order valence-electron chi connectivity index (χ2n) is 5.75. The van der Waals surface area contributed by atoms with Gasteiger partial charge in [0.25, 0.3) is 0 Å². The summed E-state index contributed by atoms with van der Waals surface area (Å²) in [5.74, 6) is 0.965. The third kappa shape index (κ3) is 2.87. The summed E-state index contributed by atoms with van der Waals surface area (Å²) in [5, 5.41) is 0. The average Bonchev–Trinajstić information content (AvgIpc) is 3.11. The quantitative estimate of drug-likeness (QED) is 0.815. The molecule has 1 aliphatic rings. The zero-order chi connectivity index (χ0) is 15.7. The summed E-state index contributed by atoms with van der Waals surface area (Å²) in [6.45, 7) is 6.81. The predicted octanol–water partition coefficient (Wildman–Crippen LogP) is 3.01. The van der Waals surface area contributed by atoms with Gasteiger partial charge in [0.1, 0.15) is 5.76 Å². The molecule has 1 fully saturated rings. The average molecular weight is 317 g/mol. The van der Waals surface area contributed by atoms with Gasteiger partial charge < -0.3 is 4.42 Å². The molecule has 0 spiro atoms. The van der Waals surface area contributed by atoms with Gasteiger partial charge in [0, 0.05) is 25.4 Å². The highest BCUT2D eigenvalue weighted by Gasteiger charge is 2.35. The molecular formula is C17H19NO3S. The summed E-state index contributed by atoms with van der Waals surface area (Å²) in [7, 11) is -3.46. The van der Waals surface area contributed by atoms with Crippen LogP contribution in [0.25, 0.3) is 0 Å². The lowest BCUT2D eigenvalue weighted by Crippen LogP contribution is -2.29. The number of hydrogen-bond acceptors (Lipinski definition) is 3. The van der Waals surface area contributed by atoms with Gasteiger partial charge in [-0.1, -0.05) is 29.8 Å². The molecule has 1 saturated heterocycles. The van der Waals surface area contributed by atoms with E-state index in [2.05, 4.69) is 6.58 Å². The fourth-order valence-electron chi connectivity index (χ4n) is 2.72. The van der Waals surface area contributed by atoms with Crippen molar-refractivity contribution in [3.63, 3.8) is 0 Å². The van der Waals surface area contributed by atoms with Crippen LogP contribution in [0.4, 0.5) is 0 Å². The van der Waals surface area contributed by atoms with E-state index in [0.29, 0.717) is 24.4 Å². The van der Waals surface area contributed by atoms with Gasteiger partial charge in [0.2, 0.25) is 10.0 Å². The van der Waals surface area contributed by atoms with E-state index in [9.17, 15) is 8.42 Å². The third-order valence-electron chi connectivity index (χ3n) is 4.07. The van der Waals surface area contributed by atoms with Crippen LogP contribution in [0.2, 0.25) is 0 Å². The first-order valence-corrected chi connectivity index (χ1v) is 8.67. The molecule has 1 unspecified atom stereocenters. The number of benzene rings is 1. The molecule has 1 aliphatic heterocycles. The molecular weight excluding hydrogens is 298 g/mol. The number of rotatable bonds is 4. The maximum atomic E-state index is 12.7. The van der Waals surface area contributed by atoms with Gasteiger partial charge in [0.15, 0.2) is 0 Å². The molecule has 0 amide bonds. The third-order valence-corrected chi connectivity index (χ3v) is 5.89. The molecule has 0 radical (unpaired) electrons. The summed E-state index contributed by atoms with van der Waals surface area (Å²) in [4.78, 5) is 0.338. The standard InChI is InChI=1S/C17H19NO3S/c1-13-5-7-17(8-6-13)22(19,20)18-11-14(2)15(12-18)10-16-4-3-9-21-16/h3-9,15H,2,10-12H2,1H3. The van der Waals surface area contributed by atoms with Gasteiger partial charge in [-0.25, -0.2) is 8.42 Å². The van der Waals surface area contributed by atoms with E-state index in [1.54, 1.807) is 18.4 Å². The Labute approximate surface area is 131 Å². The van der Waals surface area contributed by atoms with Crippen LogP contribution < -0.4 is 0 Å². The molecule has 0 bridgehead atoms. The normalized spacial score (nSPS) is 19.7. The minimum atomic E-state index is -3.46. The van der Waals surface area contributed by atoms with Crippen molar-refractivity contribution in [1.82, 2.24) is 4.31 Å². The SMILES string of the molecule is C=C1CN(S(=O)(=O)c2ccc(C)cc2)CC1Cc1ccco1. The van der Waals surface area contributed by atoms with Crippen LogP contribution in [0.5, 0.6) is 0 Å². The van der Waals surface area contributed by atoms with E-state index in [1.165, 1.54) is 4.31 Å². The van der Waals surface area contributed by atoms with E-state index < -0.39 is 10.0 Å². The van der Waals surface area contributed by atoms with Crippen LogP contribution >= 0.6 is 0 Å². The van der Waals surface area contributed by atoms with Crippen molar-refractivity contribution in [3.8, 4) is 0 Å². The van der Waals surface area contributed by atoms with Crippen molar-refractivity contribution in [2.45, 2.75) is 18.2 Å². The van der Waals surface area contributed by atoms with Crippen molar-refractivity contribution in [2.24, 2.45) is 5.92 Å².